The first-order chi connectivity index (χ1) is 19.5. The second kappa shape index (κ2) is 12.2. The Labute approximate surface area is 246 Å². The van der Waals surface area contributed by atoms with Crippen LogP contribution in [0.4, 0.5) is 11.4 Å². The molecule has 1 unspecified atom stereocenters. The molecule has 13 heteroatoms. The smallest absolute Gasteiger partial charge is 0.255 e. The summed E-state index contributed by atoms with van der Waals surface area (Å²) in [4.78, 5) is 26.3. The Hall–Kier alpha value is -4.06. The summed E-state index contributed by atoms with van der Waals surface area (Å²) in [5, 5.41) is 19.4. The number of aromatic hydroxyl groups is 1. The van der Waals surface area contributed by atoms with E-state index in [2.05, 4.69) is 15.7 Å². The first-order valence-electron chi connectivity index (χ1n) is 12.3. The molecule has 4 aromatic rings. The van der Waals surface area contributed by atoms with Crippen molar-refractivity contribution >= 4 is 56.2 Å². The topological polar surface area (TPSA) is 140 Å². The van der Waals surface area contributed by atoms with Crippen LogP contribution in [0.5, 0.6) is 11.5 Å². The van der Waals surface area contributed by atoms with Crippen molar-refractivity contribution in [2.45, 2.75) is 30.4 Å². The van der Waals surface area contributed by atoms with Gasteiger partial charge in [-0.05, 0) is 67.4 Å². The van der Waals surface area contributed by atoms with Crippen molar-refractivity contribution < 1.29 is 27.9 Å². The van der Waals surface area contributed by atoms with Crippen LogP contribution >= 0.6 is 23.2 Å². The van der Waals surface area contributed by atoms with E-state index in [0.29, 0.717) is 21.4 Å². The SMILES string of the molecule is CCC(C(=O)Nc1cc(O)c(NC(=O)c2cc(Cl)c(C)c(Cl)c2)cc1-n1cccn1)S(=O)(=O)c1ccc(OC)cc1. The van der Waals surface area contributed by atoms with Crippen LogP contribution in [0.2, 0.25) is 10.0 Å². The number of ether oxygens (including phenoxy) is 1. The molecule has 1 aromatic heterocycles. The highest BCUT2D eigenvalue weighted by atomic mass is 35.5. The summed E-state index contributed by atoms with van der Waals surface area (Å²) in [6.07, 6.45) is 3.06. The third-order valence-electron chi connectivity index (χ3n) is 6.34. The predicted molar refractivity (Wildman–Crippen MR) is 157 cm³/mol. The molecule has 0 saturated heterocycles. The van der Waals surface area contributed by atoms with Crippen molar-refractivity contribution in [3.05, 3.63) is 88.2 Å². The monoisotopic (exact) mass is 616 g/mol. The number of phenolic OH excluding ortho intramolecular Hbond substituents is 1. The Morgan fingerprint density at radius 3 is 2.27 bits per heavy atom. The molecule has 0 spiro atoms. The maximum atomic E-state index is 13.3. The molecule has 1 atom stereocenters. The van der Waals surface area contributed by atoms with Gasteiger partial charge in [0.15, 0.2) is 9.84 Å². The van der Waals surface area contributed by atoms with E-state index in [1.54, 1.807) is 26.1 Å². The minimum Gasteiger partial charge on any atom is -0.506 e. The number of hydrogen-bond acceptors (Lipinski definition) is 7. The Kier molecular flexibility index (Phi) is 8.91. The molecule has 1 heterocycles. The lowest BCUT2D eigenvalue weighted by Crippen LogP contribution is -2.35. The number of aromatic nitrogens is 2. The van der Waals surface area contributed by atoms with Gasteiger partial charge in [0.1, 0.15) is 16.7 Å². The van der Waals surface area contributed by atoms with Crippen LogP contribution in [-0.4, -0.2) is 47.5 Å². The molecule has 4 rings (SSSR count). The lowest BCUT2D eigenvalue weighted by Gasteiger charge is -2.19. The third-order valence-corrected chi connectivity index (χ3v) is 9.35. The van der Waals surface area contributed by atoms with Crippen LogP contribution in [0.3, 0.4) is 0 Å². The predicted octanol–water partition coefficient (Wildman–Crippen LogP) is 5.65. The number of nitrogens with one attached hydrogen (secondary N) is 2. The molecule has 214 valence electrons. The van der Waals surface area contributed by atoms with Gasteiger partial charge in [-0.3, -0.25) is 9.59 Å². The summed E-state index contributed by atoms with van der Waals surface area (Å²) >= 11 is 12.3. The highest BCUT2D eigenvalue weighted by molar-refractivity contribution is 7.92. The standard InChI is InChI=1S/C28H26Cl2N4O6S/c1-4-26(41(38,39)19-8-6-18(40-3)7-9-19)28(37)32-22-15-25(35)23(14-24(22)34-11-5-10-31-34)33-27(36)17-12-20(29)16(2)21(30)13-17/h5-15,26,35H,4H2,1-3H3,(H,32,37)(H,33,36). The van der Waals surface area contributed by atoms with Gasteiger partial charge in [-0.1, -0.05) is 30.1 Å². The van der Waals surface area contributed by atoms with Crippen LogP contribution in [0.25, 0.3) is 5.69 Å². The quantitative estimate of drug-likeness (QED) is 0.207. The van der Waals surface area contributed by atoms with Crippen LogP contribution < -0.4 is 15.4 Å². The minimum absolute atomic E-state index is 0.00390. The normalized spacial score (nSPS) is 12.0. The van der Waals surface area contributed by atoms with Gasteiger partial charge in [0.05, 0.1) is 29.1 Å². The Bertz CT molecular complexity index is 1690. The molecular formula is C28H26Cl2N4O6S. The highest BCUT2D eigenvalue weighted by Gasteiger charge is 2.33. The summed E-state index contributed by atoms with van der Waals surface area (Å²) < 4.78 is 33.1. The van der Waals surface area contributed by atoms with E-state index in [1.165, 1.54) is 66.5 Å². The van der Waals surface area contributed by atoms with Gasteiger partial charge >= 0.3 is 0 Å². The number of amides is 2. The van der Waals surface area contributed by atoms with Gasteiger partial charge in [-0.25, -0.2) is 13.1 Å². The second-order valence-corrected chi connectivity index (χ2v) is 11.9. The van der Waals surface area contributed by atoms with Crippen LogP contribution in [0.15, 0.2) is 71.9 Å². The van der Waals surface area contributed by atoms with E-state index in [4.69, 9.17) is 27.9 Å². The number of benzene rings is 3. The Morgan fingerprint density at radius 1 is 1.05 bits per heavy atom. The fourth-order valence-corrected chi connectivity index (χ4v) is 6.15. The van der Waals surface area contributed by atoms with Crippen molar-refractivity contribution in [1.29, 1.82) is 0 Å². The van der Waals surface area contributed by atoms with Crippen molar-refractivity contribution in [3.63, 3.8) is 0 Å². The number of sulfone groups is 1. The average Bonchev–Trinajstić information content (AvgIpc) is 3.48. The largest absolute Gasteiger partial charge is 0.506 e. The van der Waals surface area contributed by atoms with Crippen LogP contribution in [-0.2, 0) is 14.6 Å². The first kappa shape index (κ1) is 29.9. The zero-order valence-electron chi connectivity index (χ0n) is 22.2. The van der Waals surface area contributed by atoms with E-state index in [0.717, 1.165) is 0 Å². The van der Waals surface area contributed by atoms with Gasteiger partial charge in [0.2, 0.25) is 5.91 Å². The van der Waals surface area contributed by atoms with Gasteiger partial charge in [-0.2, -0.15) is 5.10 Å². The van der Waals surface area contributed by atoms with Crippen molar-refractivity contribution in [2.24, 2.45) is 0 Å². The number of carbonyl (C=O) groups is 2. The van der Waals surface area contributed by atoms with Gasteiger partial charge < -0.3 is 20.5 Å². The molecule has 0 saturated carbocycles. The van der Waals surface area contributed by atoms with Gasteiger partial charge in [0.25, 0.3) is 5.91 Å². The number of anilines is 2. The van der Waals surface area contributed by atoms with E-state index < -0.39 is 26.9 Å². The fourth-order valence-electron chi connectivity index (χ4n) is 4.04. The van der Waals surface area contributed by atoms with Gasteiger partial charge in [-0.15, -0.1) is 0 Å². The zero-order chi connectivity index (χ0) is 29.9. The molecular weight excluding hydrogens is 591 g/mol. The minimum atomic E-state index is -4.07. The second-order valence-electron chi connectivity index (χ2n) is 8.96. The molecule has 41 heavy (non-hydrogen) atoms. The molecule has 2 amide bonds. The maximum absolute atomic E-state index is 13.3. The summed E-state index contributed by atoms with van der Waals surface area (Å²) in [6.45, 7) is 3.30. The third kappa shape index (κ3) is 6.32. The molecule has 0 aliphatic carbocycles. The van der Waals surface area contributed by atoms with Gasteiger partial charge in [0, 0.05) is 34.1 Å². The molecule has 3 N–H and O–H groups in total. The summed E-state index contributed by atoms with van der Waals surface area (Å²) in [5.41, 5.74) is 1.11. The highest BCUT2D eigenvalue weighted by Crippen LogP contribution is 2.34. The summed E-state index contributed by atoms with van der Waals surface area (Å²) in [6, 6.07) is 12.9. The van der Waals surface area contributed by atoms with Crippen molar-refractivity contribution in [3.8, 4) is 17.2 Å². The van der Waals surface area contributed by atoms with E-state index in [9.17, 15) is 23.1 Å². The lowest BCUT2D eigenvalue weighted by atomic mass is 10.1. The number of nitrogens with zero attached hydrogens (tertiary/aromatic N) is 2. The number of phenols is 1. The lowest BCUT2D eigenvalue weighted by molar-refractivity contribution is -0.115. The zero-order valence-corrected chi connectivity index (χ0v) is 24.5. The number of carbonyl (C=O) groups excluding carboxylic acids is 2. The molecule has 0 radical (unpaired) electrons. The molecule has 10 nitrogen and oxygen atoms in total. The Balaban J connectivity index is 1.66. The summed E-state index contributed by atoms with van der Waals surface area (Å²) in [5.74, 6) is -1.32. The molecule has 3 aromatic carbocycles. The van der Waals surface area contributed by atoms with E-state index >= 15 is 0 Å². The average molecular weight is 618 g/mol. The number of rotatable bonds is 9. The molecule has 0 aliphatic rings. The van der Waals surface area contributed by atoms with E-state index in [-0.39, 0.29) is 39.7 Å². The van der Waals surface area contributed by atoms with Crippen LogP contribution in [0, 0.1) is 6.92 Å². The molecule has 0 bridgehead atoms. The van der Waals surface area contributed by atoms with Crippen molar-refractivity contribution in [1.82, 2.24) is 9.78 Å². The fraction of sp³-hybridized carbons (Fsp3) is 0.179. The Morgan fingerprint density at radius 2 is 1.71 bits per heavy atom. The van der Waals surface area contributed by atoms with E-state index in [1.807, 2.05) is 0 Å². The number of methoxy groups -OCH3 is 1. The molecule has 0 aliphatic heterocycles. The first-order valence-corrected chi connectivity index (χ1v) is 14.6. The van der Waals surface area contributed by atoms with Crippen molar-refractivity contribution in [2.75, 3.05) is 17.7 Å². The summed E-state index contributed by atoms with van der Waals surface area (Å²) in [7, 11) is -2.61. The number of halogens is 2. The van der Waals surface area contributed by atoms with Crippen LogP contribution in [0.1, 0.15) is 29.3 Å². The number of hydrogen-bond donors (Lipinski definition) is 3. The maximum Gasteiger partial charge on any atom is 0.255 e. The molecule has 0 fully saturated rings.